The molecule has 3 atom stereocenters. The van der Waals surface area contributed by atoms with Crippen LogP contribution in [-0.2, 0) is 24.9 Å². The van der Waals surface area contributed by atoms with E-state index in [-0.39, 0.29) is 11.9 Å². The number of hydrogen-bond acceptors (Lipinski definition) is 5. The highest BCUT2D eigenvalue weighted by molar-refractivity contribution is 5.74. The van der Waals surface area contributed by atoms with Crippen molar-refractivity contribution < 1.29 is 4.79 Å². The molecule has 2 saturated heterocycles. The van der Waals surface area contributed by atoms with E-state index in [9.17, 15) is 4.79 Å². The minimum atomic E-state index is 0.176. The van der Waals surface area contributed by atoms with Crippen LogP contribution in [0.2, 0.25) is 0 Å². The molecule has 0 N–H and O–H groups in total. The Balaban J connectivity index is 1.45. The van der Waals surface area contributed by atoms with Gasteiger partial charge in [0.1, 0.15) is 18.5 Å². The molecule has 2 aromatic rings. The van der Waals surface area contributed by atoms with Gasteiger partial charge in [0.05, 0.1) is 19.1 Å². The predicted octanol–water partition coefficient (Wildman–Crippen LogP) is 0.523. The molecular formula is C17H25N7O. The SMILES string of the molecule is CC(=O)N1[C@H](Cn2cncn2)C[C@@H]2CN(Cc3nccn3C)CC[C@@H]21. The van der Waals surface area contributed by atoms with Gasteiger partial charge in [0.2, 0.25) is 5.91 Å². The van der Waals surface area contributed by atoms with Crippen LogP contribution in [-0.4, -0.2) is 65.2 Å². The van der Waals surface area contributed by atoms with Crippen molar-refractivity contribution in [1.82, 2.24) is 34.1 Å². The van der Waals surface area contributed by atoms with Crippen molar-refractivity contribution in [2.24, 2.45) is 13.0 Å². The minimum Gasteiger partial charge on any atom is -0.337 e. The van der Waals surface area contributed by atoms with Crippen LogP contribution in [0, 0.1) is 5.92 Å². The maximum Gasteiger partial charge on any atom is 0.220 e. The third-order valence-corrected chi connectivity index (χ3v) is 5.62. The molecule has 1 amide bonds. The van der Waals surface area contributed by atoms with Crippen LogP contribution in [0.1, 0.15) is 25.6 Å². The Hall–Kier alpha value is -2.22. The molecule has 134 valence electrons. The fraction of sp³-hybridized carbons (Fsp3) is 0.647. The summed E-state index contributed by atoms with van der Waals surface area (Å²) in [5, 5.41) is 4.21. The fourth-order valence-electron chi connectivity index (χ4n) is 4.52. The third-order valence-electron chi connectivity index (χ3n) is 5.62. The molecule has 25 heavy (non-hydrogen) atoms. The molecule has 0 aliphatic carbocycles. The smallest absolute Gasteiger partial charge is 0.220 e. The number of likely N-dealkylation sites (tertiary alicyclic amines) is 2. The van der Waals surface area contributed by atoms with Crippen LogP contribution in [0.5, 0.6) is 0 Å². The number of hydrogen-bond donors (Lipinski definition) is 0. The Morgan fingerprint density at radius 3 is 2.96 bits per heavy atom. The first kappa shape index (κ1) is 16.3. The quantitative estimate of drug-likeness (QED) is 0.809. The lowest BCUT2D eigenvalue weighted by molar-refractivity contribution is -0.133. The van der Waals surface area contributed by atoms with E-state index in [1.54, 1.807) is 19.6 Å². The maximum absolute atomic E-state index is 12.3. The molecule has 8 heteroatoms. The van der Waals surface area contributed by atoms with Crippen molar-refractivity contribution in [2.45, 2.75) is 44.9 Å². The lowest BCUT2D eigenvalue weighted by atomic mass is 9.92. The number of piperidine rings is 1. The zero-order chi connectivity index (χ0) is 17.4. The first-order valence-electron chi connectivity index (χ1n) is 8.91. The summed E-state index contributed by atoms with van der Waals surface area (Å²) >= 11 is 0. The molecule has 8 nitrogen and oxygen atoms in total. The number of carbonyl (C=O) groups is 1. The Bertz CT molecular complexity index is 725. The van der Waals surface area contributed by atoms with Crippen molar-refractivity contribution in [3.8, 4) is 0 Å². The summed E-state index contributed by atoms with van der Waals surface area (Å²) in [6.45, 7) is 5.33. The first-order chi connectivity index (χ1) is 12.1. The molecule has 0 saturated carbocycles. The van der Waals surface area contributed by atoms with Gasteiger partial charge in [-0.2, -0.15) is 5.10 Å². The lowest BCUT2D eigenvalue weighted by Gasteiger charge is -2.38. The highest BCUT2D eigenvalue weighted by Crippen LogP contribution is 2.36. The Labute approximate surface area is 147 Å². The van der Waals surface area contributed by atoms with Gasteiger partial charge in [0, 0.05) is 45.5 Å². The molecule has 2 aliphatic rings. The summed E-state index contributed by atoms with van der Waals surface area (Å²) in [6, 6.07) is 0.561. The molecule has 0 bridgehead atoms. The van der Waals surface area contributed by atoms with E-state index in [0.717, 1.165) is 44.8 Å². The van der Waals surface area contributed by atoms with Gasteiger partial charge >= 0.3 is 0 Å². The topological polar surface area (TPSA) is 72.1 Å². The van der Waals surface area contributed by atoms with Gasteiger partial charge in [-0.15, -0.1) is 0 Å². The van der Waals surface area contributed by atoms with Crippen LogP contribution < -0.4 is 0 Å². The molecule has 0 radical (unpaired) electrons. The van der Waals surface area contributed by atoms with E-state index in [0.29, 0.717) is 12.0 Å². The van der Waals surface area contributed by atoms with Gasteiger partial charge in [-0.3, -0.25) is 14.4 Å². The number of aromatic nitrogens is 5. The zero-order valence-corrected chi connectivity index (χ0v) is 14.8. The van der Waals surface area contributed by atoms with E-state index < -0.39 is 0 Å². The molecular weight excluding hydrogens is 318 g/mol. The van der Waals surface area contributed by atoms with Crippen LogP contribution in [0.15, 0.2) is 25.0 Å². The average Bonchev–Trinajstić information content (AvgIpc) is 3.28. The summed E-state index contributed by atoms with van der Waals surface area (Å²) in [6.07, 6.45) is 9.18. The number of amides is 1. The highest BCUT2D eigenvalue weighted by atomic mass is 16.2. The molecule has 2 aromatic heterocycles. The summed E-state index contributed by atoms with van der Waals surface area (Å²) in [5.41, 5.74) is 0. The first-order valence-corrected chi connectivity index (χ1v) is 8.91. The monoisotopic (exact) mass is 343 g/mol. The third kappa shape index (κ3) is 3.18. The van der Waals surface area contributed by atoms with Crippen LogP contribution in [0.4, 0.5) is 0 Å². The summed E-state index contributed by atoms with van der Waals surface area (Å²) in [4.78, 5) is 25.3. The van der Waals surface area contributed by atoms with Gasteiger partial charge < -0.3 is 9.47 Å². The highest BCUT2D eigenvalue weighted by Gasteiger charge is 2.45. The van der Waals surface area contributed by atoms with Gasteiger partial charge in [-0.1, -0.05) is 0 Å². The molecule has 0 unspecified atom stereocenters. The number of rotatable bonds is 4. The van der Waals surface area contributed by atoms with E-state index in [1.165, 1.54) is 0 Å². The van der Waals surface area contributed by atoms with E-state index in [1.807, 2.05) is 24.1 Å². The predicted molar refractivity (Wildman–Crippen MR) is 91.3 cm³/mol. The van der Waals surface area contributed by atoms with Gasteiger partial charge in [0.15, 0.2) is 0 Å². The van der Waals surface area contributed by atoms with Crippen LogP contribution in [0.25, 0.3) is 0 Å². The van der Waals surface area contributed by atoms with Crippen molar-refractivity contribution >= 4 is 5.91 Å². The number of imidazole rings is 1. The number of fused-ring (bicyclic) bond motifs is 1. The van der Waals surface area contributed by atoms with Crippen molar-refractivity contribution in [2.75, 3.05) is 13.1 Å². The largest absolute Gasteiger partial charge is 0.337 e. The average molecular weight is 343 g/mol. The van der Waals surface area contributed by atoms with E-state index in [2.05, 4.69) is 29.4 Å². The summed E-state index contributed by atoms with van der Waals surface area (Å²) in [7, 11) is 2.04. The second-order valence-electron chi connectivity index (χ2n) is 7.24. The zero-order valence-electron chi connectivity index (χ0n) is 14.8. The second kappa shape index (κ2) is 6.59. The van der Waals surface area contributed by atoms with E-state index >= 15 is 0 Å². The number of aryl methyl sites for hydroxylation is 1. The van der Waals surface area contributed by atoms with E-state index in [4.69, 9.17) is 0 Å². The Kier molecular flexibility index (Phi) is 4.29. The summed E-state index contributed by atoms with van der Waals surface area (Å²) < 4.78 is 3.92. The van der Waals surface area contributed by atoms with Gasteiger partial charge in [0.25, 0.3) is 0 Å². The maximum atomic E-state index is 12.3. The lowest BCUT2D eigenvalue weighted by Crippen LogP contribution is -2.48. The van der Waals surface area contributed by atoms with Crippen molar-refractivity contribution in [1.29, 1.82) is 0 Å². The Morgan fingerprint density at radius 2 is 2.28 bits per heavy atom. The van der Waals surface area contributed by atoms with Crippen LogP contribution in [0.3, 0.4) is 0 Å². The summed E-state index contributed by atoms with van der Waals surface area (Å²) in [5.74, 6) is 1.79. The molecule has 4 heterocycles. The normalized spacial score (nSPS) is 26.8. The van der Waals surface area contributed by atoms with Crippen LogP contribution >= 0.6 is 0 Å². The number of carbonyl (C=O) groups excluding carboxylic acids is 1. The number of nitrogens with zero attached hydrogens (tertiary/aromatic N) is 7. The van der Waals surface area contributed by atoms with Crippen molar-refractivity contribution in [3.05, 3.63) is 30.9 Å². The van der Waals surface area contributed by atoms with Gasteiger partial charge in [-0.05, 0) is 18.8 Å². The van der Waals surface area contributed by atoms with Gasteiger partial charge in [-0.25, -0.2) is 9.97 Å². The molecule has 4 rings (SSSR count). The standard InChI is InChI=1S/C17H25N7O/c1-13(25)24-15(9-23-12-18-11-20-23)7-14-8-22(5-3-16(14)24)10-17-19-4-6-21(17)2/h4,6,11-12,14-16H,3,5,7-10H2,1-2H3/t14-,15+,16+/m1/s1. The minimum absolute atomic E-state index is 0.176. The molecule has 2 aliphatic heterocycles. The Morgan fingerprint density at radius 1 is 1.40 bits per heavy atom. The van der Waals surface area contributed by atoms with Crippen molar-refractivity contribution in [3.63, 3.8) is 0 Å². The molecule has 2 fully saturated rings. The second-order valence-corrected chi connectivity index (χ2v) is 7.24. The molecule has 0 aromatic carbocycles. The fourth-order valence-corrected chi connectivity index (χ4v) is 4.52. The molecule has 0 spiro atoms.